The van der Waals surface area contributed by atoms with Crippen molar-refractivity contribution in [3.8, 4) is 17.2 Å². The quantitative estimate of drug-likeness (QED) is 0.367. The van der Waals surface area contributed by atoms with Crippen LogP contribution in [0.2, 0.25) is 0 Å². The molecule has 0 saturated heterocycles. The van der Waals surface area contributed by atoms with Crippen LogP contribution in [0.5, 0.6) is 17.2 Å². The second kappa shape index (κ2) is 11.8. The second-order valence-corrected chi connectivity index (χ2v) is 7.16. The van der Waals surface area contributed by atoms with E-state index in [1.165, 1.54) is 5.56 Å². The number of anilines is 1. The molecule has 0 fully saturated rings. The summed E-state index contributed by atoms with van der Waals surface area (Å²) in [6.45, 7) is 6.75. The van der Waals surface area contributed by atoms with E-state index in [-0.39, 0.29) is 0 Å². The first kappa shape index (κ1) is 21.6. The Morgan fingerprint density at radius 2 is 1.43 bits per heavy atom. The minimum absolute atomic E-state index is 0.494. The second-order valence-electron chi connectivity index (χ2n) is 7.16. The summed E-state index contributed by atoms with van der Waals surface area (Å²) < 4.78 is 17.5. The maximum Gasteiger partial charge on any atom is 0.122 e. The van der Waals surface area contributed by atoms with Gasteiger partial charge < -0.3 is 19.5 Å². The van der Waals surface area contributed by atoms with E-state index in [0.29, 0.717) is 25.7 Å². The Morgan fingerprint density at radius 1 is 0.733 bits per heavy atom. The van der Waals surface area contributed by atoms with E-state index in [1.807, 2.05) is 66.7 Å². The average molecular weight is 406 g/mol. The van der Waals surface area contributed by atoms with Crippen molar-refractivity contribution in [3.05, 3.63) is 84.4 Å². The van der Waals surface area contributed by atoms with Gasteiger partial charge in [-0.2, -0.15) is 0 Å². The van der Waals surface area contributed by atoms with E-state index in [2.05, 4.69) is 31.3 Å². The van der Waals surface area contributed by atoms with Gasteiger partial charge in [-0.25, -0.2) is 0 Å². The normalized spacial score (nSPS) is 11.5. The van der Waals surface area contributed by atoms with Gasteiger partial charge in [-0.05, 0) is 48.2 Å². The Hall–Kier alpha value is -3.14. The lowest BCUT2D eigenvalue weighted by atomic mass is 9.98. The number of rotatable bonds is 12. The molecule has 0 amide bonds. The van der Waals surface area contributed by atoms with Gasteiger partial charge in [0.25, 0.3) is 0 Å². The largest absolute Gasteiger partial charge is 0.491 e. The number of benzene rings is 3. The van der Waals surface area contributed by atoms with E-state index in [0.717, 1.165) is 35.9 Å². The predicted octanol–water partition coefficient (Wildman–Crippen LogP) is 6.15. The lowest BCUT2D eigenvalue weighted by Gasteiger charge is -2.16. The summed E-state index contributed by atoms with van der Waals surface area (Å²) in [5, 5.41) is 3.40. The van der Waals surface area contributed by atoms with Crippen LogP contribution in [0.4, 0.5) is 5.69 Å². The smallest absolute Gasteiger partial charge is 0.122 e. The van der Waals surface area contributed by atoms with Crippen molar-refractivity contribution in [1.82, 2.24) is 0 Å². The summed E-state index contributed by atoms with van der Waals surface area (Å²) >= 11 is 0. The zero-order valence-corrected chi connectivity index (χ0v) is 17.8. The summed E-state index contributed by atoms with van der Waals surface area (Å²) in [5.74, 6) is 3.14. The van der Waals surface area contributed by atoms with Crippen molar-refractivity contribution in [3.63, 3.8) is 0 Å². The SMILES string of the molecule is CCC(C)c1ccccc1OCCNc1cccc(OCCOc2ccccc2)c1. The molecule has 0 aliphatic carbocycles. The minimum Gasteiger partial charge on any atom is -0.491 e. The molecule has 0 aromatic heterocycles. The fourth-order valence-electron chi connectivity index (χ4n) is 3.13. The Morgan fingerprint density at radius 3 is 2.23 bits per heavy atom. The number of hydrogen-bond acceptors (Lipinski definition) is 4. The van der Waals surface area contributed by atoms with Gasteiger partial charge in [0.05, 0.1) is 0 Å². The Balaban J connectivity index is 1.40. The van der Waals surface area contributed by atoms with E-state index < -0.39 is 0 Å². The van der Waals surface area contributed by atoms with Gasteiger partial charge in [-0.3, -0.25) is 0 Å². The molecule has 0 bridgehead atoms. The maximum atomic E-state index is 6.02. The lowest BCUT2D eigenvalue weighted by molar-refractivity contribution is 0.217. The van der Waals surface area contributed by atoms with E-state index in [4.69, 9.17) is 14.2 Å². The molecule has 3 aromatic rings. The Kier molecular flexibility index (Phi) is 8.46. The van der Waals surface area contributed by atoms with Crippen LogP contribution in [0.15, 0.2) is 78.9 Å². The number of nitrogens with one attached hydrogen (secondary N) is 1. The summed E-state index contributed by atoms with van der Waals surface area (Å²) in [4.78, 5) is 0. The molecule has 30 heavy (non-hydrogen) atoms. The van der Waals surface area contributed by atoms with E-state index in [9.17, 15) is 0 Å². The first-order valence-electron chi connectivity index (χ1n) is 10.6. The van der Waals surface area contributed by atoms with Crippen LogP contribution in [0, 0.1) is 0 Å². The van der Waals surface area contributed by atoms with Crippen LogP contribution in [0.1, 0.15) is 31.7 Å². The molecule has 1 N–H and O–H groups in total. The van der Waals surface area contributed by atoms with Gasteiger partial charge in [0.2, 0.25) is 0 Å². The van der Waals surface area contributed by atoms with Crippen molar-refractivity contribution in [2.75, 3.05) is 31.7 Å². The molecular formula is C26H31NO3. The molecule has 0 radical (unpaired) electrons. The number of hydrogen-bond donors (Lipinski definition) is 1. The third-order valence-electron chi connectivity index (χ3n) is 4.95. The van der Waals surface area contributed by atoms with Crippen molar-refractivity contribution in [1.29, 1.82) is 0 Å². The van der Waals surface area contributed by atoms with Gasteiger partial charge in [0, 0.05) is 18.3 Å². The van der Waals surface area contributed by atoms with Crippen molar-refractivity contribution < 1.29 is 14.2 Å². The zero-order chi connectivity index (χ0) is 21.0. The van der Waals surface area contributed by atoms with Crippen molar-refractivity contribution in [2.24, 2.45) is 0 Å². The van der Waals surface area contributed by atoms with Gasteiger partial charge >= 0.3 is 0 Å². The highest BCUT2D eigenvalue weighted by Crippen LogP contribution is 2.28. The van der Waals surface area contributed by atoms with Crippen molar-refractivity contribution in [2.45, 2.75) is 26.2 Å². The lowest BCUT2D eigenvalue weighted by Crippen LogP contribution is -2.13. The molecule has 3 rings (SSSR count). The molecule has 0 aliphatic rings. The number of ether oxygens (including phenoxy) is 3. The first-order chi connectivity index (χ1) is 14.8. The highest BCUT2D eigenvalue weighted by atomic mass is 16.5. The predicted molar refractivity (Wildman–Crippen MR) is 123 cm³/mol. The van der Waals surface area contributed by atoms with E-state index in [1.54, 1.807) is 0 Å². The highest BCUT2D eigenvalue weighted by Gasteiger charge is 2.09. The molecule has 4 nitrogen and oxygen atoms in total. The van der Waals surface area contributed by atoms with Crippen LogP contribution in [-0.2, 0) is 0 Å². The molecule has 4 heteroatoms. The molecule has 0 aliphatic heterocycles. The van der Waals surface area contributed by atoms with Crippen LogP contribution >= 0.6 is 0 Å². The summed E-state index contributed by atoms with van der Waals surface area (Å²) in [7, 11) is 0. The van der Waals surface area contributed by atoms with Gasteiger partial charge in [0.15, 0.2) is 0 Å². The fourth-order valence-corrected chi connectivity index (χ4v) is 3.13. The summed E-state index contributed by atoms with van der Waals surface area (Å²) in [6, 6.07) is 26.0. The molecule has 0 saturated carbocycles. The molecule has 0 spiro atoms. The first-order valence-corrected chi connectivity index (χ1v) is 10.6. The van der Waals surface area contributed by atoms with Gasteiger partial charge in [-0.15, -0.1) is 0 Å². The van der Waals surface area contributed by atoms with Gasteiger partial charge in [0.1, 0.15) is 37.1 Å². The van der Waals surface area contributed by atoms with Crippen LogP contribution in [0.25, 0.3) is 0 Å². The highest BCUT2D eigenvalue weighted by molar-refractivity contribution is 5.48. The maximum absolute atomic E-state index is 6.02. The Bertz CT molecular complexity index is 882. The fraction of sp³-hybridized carbons (Fsp3) is 0.308. The van der Waals surface area contributed by atoms with Crippen LogP contribution in [0.3, 0.4) is 0 Å². The minimum atomic E-state index is 0.494. The van der Waals surface area contributed by atoms with E-state index >= 15 is 0 Å². The van der Waals surface area contributed by atoms with Crippen molar-refractivity contribution >= 4 is 5.69 Å². The molecular weight excluding hydrogens is 374 g/mol. The summed E-state index contributed by atoms with van der Waals surface area (Å²) in [5.41, 5.74) is 2.28. The molecule has 3 aromatic carbocycles. The third kappa shape index (κ3) is 6.73. The summed E-state index contributed by atoms with van der Waals surface area (Å²) in [6.07, 6.45) is 1.10. The monoisotopic (exact) mass is 405 g/mol. The molecule has 1 atom stereocenters. The number of para-hydroxylation sites is 2. The zero-order valence-electron chi connectivity index (χ0n) is 17.8. The molecule has 0 heterocycles. The standard InChI is InChI=1S/C26H31NO3/c1-3-21(2)25-14-7-8-15-26(25)30-17-16-27-22-10-9-13-24(20-22)29-19-18-28-23-11-5-4-6-12-23/h4-15,20-21,27H,3,16-19H2,1-2H3. The van der Waals surface area contributed by atoms with Crippen LogP contribution in [-0.4, -0.2) is 26.4 Å². The molecule has 158 valence electrons. The molecule has 1 unspecified atom stereocenters. The average Bonchev–Trinajstić information content (AvgIpc) is 2.80. The topological polar surface area (TPSA) is 39.7 Å². The Labute approximate surface area is 179 Å². The van der Waals surface area contributed by atoms with Crippen LogP contribution < -0.4 is 19.5 Å². The van der Waals surface area contributed by atoms with Gasteiger partial charge in [-0.1, -0.05) is 56.3 Å². The third-order valence-corrected chi connectivity index (χ3v) is 4.95.